The molecule has 2 aliphatic heterocycles. The van der Waals surface area contributed by atoms with Gasteiger partial charge in [-0.05, 0) is 87.7 Å². The van der Waals surface area contributed by atoms with Gasteiger partial charge < -0.3 is 19.3 Å². The molecular formula is C27H32ClFN4O. The summed E-state index contributed by atoms with van der Waals surface area (Å²) in [5, 5.41) is 1.91. The van der Waals surface area contributed by atoms with Gasteiger partial charge in [0, 0.05) is 54.5 Å². The number of fused-ring (bicyclic) bond motifs is 1. The number of aromatic nitrogens is 1. The van der Waals surface area contributed by atoms with Crippen LogP contribution in [0.25, 0.3) is 16.6 Å². The van der Waals surface area contributed by atoms with Gasteiger partial charge in [-0.25, -0.2) is 9.18 Å². The molecule has 0 saturated carbocycles. The summed E-state index contributed by atoms with van der Waals surface area (Å²) >= 11 is 6.33. The maximum atomic E-state index is 13.5. The summed E-state index contributed by atoms with van der Waals surface area (Å²) in [5.74, 6) is 0.227. The van der Waals surface area contributed by atoms with E-state index in [1.807, 2.05) is 34.1 Å². The molecule has 0 N–H and O–H groups in total. The Hall–Kier alpha value is -2.57. The molecule has 3 aromatic rings. The van der Waals surface area contributed by atoms with E-state index in [-0.39, 0.29) is 17.9 Å². The molecule has 0 aliphatic carbocycles. The Bertz CT molecular complexity index is 1170. The van der Waals surface area contributed by atoms with E-state index < -0.39 is 0 Å². The highest BCUT2D eigenvalue weighted by atomic mass is 35.5. The summed E-state index contributed by atoms with van der Waals surface area (Å²) in [7, 11) is 0. The molecule has 0 unspecified atom stereocenters. The Kier molecular flexibility index (Phi) is 6.54. The summed E-state index contributed by atoms with van der Waals surface area (Å²) in [5.41, 5.74) is 3.32. The number of hydrogen-bond acceptors (Lipinski definition) is 2. The standard InChI is InChI=1S/C27H32ClFN4O/c1-19(2)32-16-15-31(27(32)34)14-13-30-11-9-20(10-12-30)25-18-33(23-6-4-22(29)5-7-23)26-17-21(28)3-8-24(25)26/h3-8,17-20H,9-16H2,1-2H3. The van der Waals surface area contributed by atoms with Gasteiger partial charge in [0.05, 0.1) is 5.52 Å². The summed E-state index contributed by atoms with van der Waals surface area (Å²) in [6.07, 6.45) is 4.37. The minimum atomic E-state index is -0.238. The number of carbonyl (C=O) groups excluding carboxylic acids is 1. The van der Waals surface area contributed by atoms with Crippen LogP contribution in [0.3, 0.4) is 0 Å². The van der Waals surface area contributed by atoms with Crippen molar-refractivity contribution in [3.8, 4) is 5.69 Å². The quantitative estimate of drug-likeness (QED) is 0.448. The van der Waals surface area contributed by atoms with Crippen molar-refractivity contribution < 1.29 is 9.18 Å². The molecule has 7 heteroatoms. The van der Waals surface area contributed by atoms with Crippen LogP contribution in [-0.2, 0) is 0 Å². The van der Waals surface area contributed by atoms with Crippen LogP contribution in [0.2, 0.25) is 5.02 Å². The number of halogens is 2. The molecule has 3 heterocycles. The predicted molar refractivity (Wildman–Crippen MR) is 135 cm³/mol. The molecule has 2 aliphatic rings. The third-order valence-electron chi connectivity index (χ3n) is 7.37. The number of nitrogens with zero attached hydrogens (tertiary/aromatic N) is 4. The van der Waals surface area contributed by atoms with Gasteiger partial charge in [-0.2, -0.15) is 0 Å². The largest absolute Gasteiger partial charge is 0.322 e. The Morgan fingerprint density at radius 2 is 1.74 bits per heavy atom. The van der Waals surface area contributed by atoms with Crippen LogP contribution in [0.5, 0.6) is 0 Å². The number of carbonyl (C=O) groups is 1. The third kappa shape index (κ3) is 4.53. The molecule has 1 aromatic heterocycles. The van der Waals surface area contributed by atoms with Gasteiger partial charge in [-0.15, -0.1) is 0 Å². The predicted octanol–water partition coefficient (Wildman–Crippen LogP) is 5.75. The molecule has 2 fully saturated rings. The van der Waals surface area contributed by atoms with Crippen LogP contribution in [0.15, 0.2) is 48.7 Å². The Morgan fingerprint density at radius 3 is 2.41 bits per heavy atom. The highest BCUT2D eigenvalue weighted by molar-refractivity contribution is 6.31. The molecule has 180 valence electrons. The second-order valence-electron chi connectivity index (χ2n) is 9.77. The topological polar surface area (TPSA) is 31.7 Å². The first-order valence-corrected chi connectivity index (χ1v) is 12.6. The van der Waals surface area contributed by atoms with E-state index in [9.17, 15) is 9.18 Å². The Morgan fingerprint density at radius 1 is 1.00 bits per heavy atom. The highest BCUT2D eigenvalue weighted by Crippen LogP contribution is 2.36. The highest BCUT2D eigenvalue weighted by Gasteiger charge is 2.31. The first kappa shape index (κ1) is 23.2. The average molecular weight is 483 g/mol. The van der Waals surface area contributed by atoms with Crippen molar-refractivity contribution in [1.82, 2.24) is 19.3 Å². The van der Waals surface area contributed by atoms with Crippen LogP contribution < -0.4 is 0 Å². The molecule has 0 radical (unpaired) electrons. The second kappa shape index (κ2) is 9.59. The number of likely N-dealkylation sites (tertiary alicyclic amines) is 1. The number of hydrogen-bond donors (Lipinski definition) is 0. The molecule has 2 aromatic carbocycles. The lowest BCUT2D eigenvalue weighted by Crippen LogP contribution is -2.41. The number of amides is 2. The molecule has 0 spiro atoms. The van der Waals surface area contributed by atoms with Crippen molar-refractivity contribution in [2.75, 3.05) is 39.3 Å². The first-order valence-electron chi connectivity index (χ1n) is 12.2. The maximum absolute atomic E-state index is 13.5. The van der Waals surface area contributed by atoms with Crippen LogP contribution in [0.4, 0.5) is 9.18 Å². The first-order chi connectivity index (χ1) is 16.4. The Labute approximate surface area is 205 Å². The molecular weight excluding hydrogens is 451 g/mol. The molecule has 2 saturated heterocycles. The molecule has 2 amide bonds. The minimum Gasteiger partial charge on any atom is -0.322 e. The van der Waals surface area contributed by atoms with Crippen molar-refractivity contribution >= 4 is 28.5 Å². The fourth-order valence-electron chi connectivity index (χ4n) is 5.38. The summed E-state index contributed by atoms with van der Waals surface area (Å²) in [6.45, 7) is 9.60. The smallest absolute Gasteiger partial charge is 0.320 e. The van der Waals surface area contributed by atoms with E-state index in [4.69, 9.17) is 11.6 Å². The van der Waals surface area contributed by atoms with Crippen molar-refractivity contribution in [3.05, 3.63) is 65.1 Å². The summed E-state index contributed by atoms with van der Waals surface area (Å²) < 4.78 is 15.6. The van der Waals surface area contributed by atoms with E-state index in [2.05, 4.69) is 35.6 Å². The lowest BCUT2D eigenvalue weighted by molar-refractivity contribution is 0.166. The third-order valence-corrected chi connectivity index (χ3v) is 7.60. The lowest BCUT2D eigenvalue weighted by Gasteiger charge is -2.33. The normalized spacial score (nSPS) is 18.1. The lowest BCUT2D eigenvalue weighted by atomic mass is 9.89. The molecule has 0 bridgehead atoms. The van der Waals surface area contributed by atoms with Gasteiger partial charge in [0.1, 0.15) is 5.82 Å². The molecule has 5 rings (SSSR count). The Balaban J connectivity index is 1.27. The van der Waals surface area contributed by atoms with Gasteiger partial charge >= 0.3 is 6.03 Å². The molecule has 0 atom stereocenters. The van der Waals surface area contributed by atoms with Crippen molar-refractivity contribution in [2.45, 2.75) is 38.6 Å². The van der Waals surface area contributed by atoms with Gasteiger partial charge in [0.15, 0.2) is 0 Å². The van der Waals surface area contributed by atoms with E-state index in [1.165, 1.54) is 23.1 Å². The van der Waals surface area contributed by atoms with Crippen LogP contribution in [0, 0.1) is 5.82 Å². The van der Waals surface area contributed by atoms with Gasteiger partial charge in [0.2, 0.25) is 0 Å². The SMILES string of the molecule is CC(C)N1CCN(CCN2CCC(c3cn(-c4ccc(F)cc4)c4cc(Cl)ccc34)CC2)C1=O. The fraction of sp³-hybridized carbons (Fsp3) is 0.444. The van der Waals surface area contributed by atoms with Crippen LogP contribution in [0.1, 0.15) is 38.2 Å². The van der Waals surface area contributed by atoms with Gasteiger partial charge in [0.25, 0.3) is 0 Å². The van der Waals surface area contributed by atoms with Crippen molar-refractivity contribution in [1.29, 1.82) is 0 Å². The summed E-state index contributed by atoms with van der Waals surface area (Å²) in [4.78, 5) is 19.0. The zero-order valence-electron chi connectivity index (χ0n) is 19.9. The average Bonchev–Trinajstić information content (AvgIpc) is 3.39. The summed E-state index contributed by atoms with van der Waals surface area (Å²) in [6, 6.07) is 13.1. The molecule has 34 heavy (non-hydrogen) atoms. The number of rotatable bonds is 6. The number of benzene rings is 2. The van der Waals surface area contributed by atoms with E-state index in [0.717, 1.165) is 63.3 Å². The maximum Gasteiger partial charge on any atom is 0.320 e. The van der Waals surface area contributed by atoms with Gasteiger partial charge in [-0.3, -0.25) is 0 Å². The van der Waals surface area contributed by atoms with Crippen LogP contribution in [-0.4, -0.2) is 70.6 Å². The van der Waals surface area contributed by atoms with E-state index in [0.29, 0.717) is 10.9 Å². The van der Waals surface area contributed by atoms with Crippen LogP contribution >= 0.6 is 11.6 Å². The fourth-order valence-corrected chi connectivity index (χ4v) is 5.55. The van der Waals surface area contributed by atoms with E-state index >= 15 is 0 Å². The zero-order chi connectivity index (χ0) is 23.8. The van der Waals surface area contributed by atoms with Gasteiger partial charge in [-0.1, -0.05) is 17.7 Å². The zero-order valence-corrected chi connectivity index (χ0v) is 20.6. The van der Waals surface area contributed by atoms with Crippen molar-refractivity contribution in [2.24, 2.45) is 0 Å². The minimum absolute atomic E-state index is 0.178. The number of urea groups is 1. The van der Waals surface area contributed by atoms with E-state index in [1.54, 1.807) is 0 Å². The number of piperidine rings is 1. The molecule has 5 nitrogen and oxygen atoms in total. The van der Waals surface area contributed by atoms with Crippen molar-refractivity contribution in [3.63, 3.8) is 0 Å². The second-order valence-corrected chi connectivity index (χ2v) is 10.2. The monoisotopic (exact) mass is 482 g/mol.